The number of benzene rings is 1. The monoisotopic (exact) mass is 502 g/mol. The van der Waals surface area contributed by atoms with Crippen LogP contribution in [-0.2, 0) is 27.4 Å². The zero-order chi connectivity index (χ0) is 26.1. The van der Waals surface area contributed by atoms with Gasteiger partial charge in [-0.3, -0.25) is 9.59 Å². The van der Waals surface area contributed by atoms with E-state index < -0.39 is 35.6 Å². The number of hydrogen-bond donors (Lipinski definition) is 2. The van der Waals surface area contributed by atoms with Crippen LogP contribution in [0.5, 0.6) is 0 Å². The normalized spacial score (nSPS) is 14.8. The van der Waals surface area contributed by atoms with E-state index in [1.165, 1.54) is 7.11 Å². The number of nitrogens with one attached hydrogen (secondary N) is 2. The second-order valence-corrected chi connectivity index (χ2v) is 9.39. The number of hydrogen-bond acceptors (Lipinski definition) is 8. The summed E-state index contributed by atoms with van der Waals surface area (Å²) in [7, 11) is 1.47. The van der Waals surface area contributed by atoms with Gasteiger partial charge in [-0.05, 0) is 43.1 Å². The molecule has 1 saturated carbocycles. The van der Waals surface area contributed by atoms with Crippen LogP contribution in [0.25, 0.3) is 0 Å². The summed E-state index contributed by atoms with van der Waals surface area (Å²) >= 11 is 0. The second-order valence-electron chi connectivity index (χ2n) is 9.39. The summed E-state index contributed by atoms with van der Waals surface area (Å²) in [5.41, 5.74) is 0.811. The number of nitrogens with zero attached hydrogens (tertiary/aromatic N) is 2. The predicted molar refractivity (Wildman–Crippen MR) is 129 cm³/mol. The number of carbonyl (C=O) groups is 3. The van der Waals surface area contributed by atoms with Crippen molar-refractivity contribution in [2.75, 3.05) is 13.7 Å². The Morgan fingerprint density at radius 1 is 1.14 bits per heavy atom. The van der Waals surface area contributed by atoms with Gasteiger partial charge in [0.05, 0.1) is 12.6 Å². The highest BCUT2D eigenvalue weighted by molar-refractivity contribution is 5.99. The lowest BCUT2D eigenvalue weighted by atomic mass is 10.0. The molecule has 1 heterocycles. The first kappa shape index (κ1) is 27.1. The average molecular weight is 503 g/mol. The molecular weight excluding hydrogens is 468 g/mol. The first-order valence-electron chi connectivity index (χ1n) is 12.2. The molecule has 1 aromatic heterocycles. The van der Waals surface area contributed by atoms with Gasteiger partial charge in [0.15, 0.2) is 0 Å². The summed E-state index contributed by atoms with van der Waals surface area (Å²) in [5, 5.41) is 9.28. The molecule has 2 amide bonds. The highest BCUT2D eigenvalue weighted by Crippen LogP contribution is 2.29. The molecule has 196 valence electrons. The van der Waals surface area contributed by atoms with Gasteiger partial charge in [-0.1, -0.05) is 44.2 Å². The molecule has 0 saturated heterocycles. The van der Waals surface area contributed by atoms with E-state index in [0.29, 0.717) is 18.9 Å². The third-order valence-electron chi connectivity index (χ3n) is 5.72. The molecule has 1 aliphatic carbocycles. The molecule has 11 heteroatoms. The number of Topliss-reactive ketones (excluding diaryl/α,β-unsaturated/α-hetero) is 1. The SMILES string of the molecule is COCC[C@H](NC(=O)[C@H](CC(C)C)NC(=O)OCc1ccccc1)C(=O)c1nn(CC2CC2)c(=O)o1. The molecule has 0 bridgehead atoms. The van der Waals surface area contributed by atoms with Gasteiger partial charge in [0, 0.05) is 13.7 Å². The lowest BCUT2D eigenvalue weighted by molar-refractivity contribution is -0.124. The number of ketones is 1. The van der Waals surface area contributed by atoms with Crippen LogP contribution < -0.4 is 16.4 Å². The Morgan fingerprint density at radius 2 is 1.86 bits per heavy atom. The third-order valence-corrected chi connectivity index (χ3v) is 5.72. The topological polar surface area (TPSA) is 142 Å². The van der Waals surface area contributed by atoms with Crippen molar-refractivity contribution in [1.29, 1.82) is 0 Å². The highest BCUT2D eigenvalue weighted by Gasteiger charge is 2.32. The van der Waals surface area contributed by atoms with Crippen LogP contribution in [0.1, 0.15) is 55.8 Å². The van der Waals surface area contributed by atoms with Gasteiger partial charge in [-0.15, -0.1) is 5.10 Å². The zero-order valence-electron chi connectivity index (χ0n) is 20.9. The largest absolute Gasteiger partial charge is 0.445 e. The highest BCUT2D eigenvalue weighted by atomic mass is 16.5. The molecule has 2 N–H and O–H groups in total. The molecular formula is C25H34N4O7. The summed E-state index contributed by atoms with van der Waals surface area (Å²) in [6.45, 7) is 4.44. The van der Waals surface area contributed by atoms with Crippen LogP contribution in [-0.4, -0.2) is 53.4 Å². The van der Waals surface area contributed by atoms with Crippen molar-refractivity contribution >= 4 is 17.8 Å². The molecule has 0 spiro atoms. The van der Waals surface area contributed by atoms with E-state index in [1.807, 2.05) is 44.2 Å². The number of alkyl carbamates (subject to hydrolysis) is 1. The smallest absolute Gasteiger partial charge is 0.437 e. The van der Waals surface area contributed by atoms with E-state index in [2.05, 4.69) is 15.7 Å². The summed E-state index contributed by atoms with van der Waals surface area (Å²) < 4.78 is 16.6. The lowest BCUT2D eigenvalue weighted by Crippen LogP contribution is -2.52. The van der Waals surface area contributed by atoms with E-state index in [0.717, 1.165) is 23.1 Å². The Morgan fingerprint density at radius 3 is 2.50 bits per heavy atom. The van der Waals surface area contributed by atoms with Crippen molar-refractivity contribution in [1.82, 2.24) is 20.4 Å². The zero-order valence-corrected chi connectivity index (χ0v) is 20.9. The van der Waals surface area contributed by atoms with Crippen LogP contribution in [0, 0.1) is 11.8 Å². The van der Waals surface area contributed by atoms with Gasteiger partial charge >= 0.3 is 11.8 Å². The molecule has 0 radical (unpaired) electrons. The van der Waals surface area contributed by atoms with Crippen molar-refractivity contribution in [2.24, 2.45) is 11.8 Å². The lowest BCUT2D eigenvalue weighted by Gasteiger charge is -2.23. The Kier molecular flexibility index (Phi) is 9.80. The number of ether oxygens (including phenoxy) is 2. The minimum Gasteiger partial charge on any atom is -0.445 e. The Balaban J connectivity index is 1.66. The van der Waals surface area contributed by atoms with Crippen molar-refractivity contribution in [3.05, 3.63) is 52.3 Å². The van der Waals surface area contributed by atoms with Gasteiger partial charge in [-0.2, -0.15) is 4.68 Å². The molecule has 0 unspecified atom stereocenters. The molecule has 2 aromatic rings. The van der Waals surface area contributed by atoms with E-state index in [-0.39, 0.29) is 31.4 Å². The van der Waals surface area contributed by atoms with Gasteiger partial charge < -0.3 is 24.5 Å². The Labute approximate surface area is 209 Å². The second kappa shape index (κ2) is 13.0. The number of amides is 2. The molecule has 1 aromatic carbocycles. The minimum atomic E-state index is -1.05. The van der Waals surface area contributed by atoms with Gasteiger partial charge in [0.2, 0.25) is 11.7 Å². The van der Waals surface area contributed by atoms with Crippen LogP contribution >= 0.6 is 0 Å². The summed E-state index contributed by atoms with van der Waals surface area (Å²) in [6, 6.07) is 7.17. The summed E-state index contributed by atoms with van der Waals surface area (Å²) in [4.78, 5) is 50.7. The first-order chi connectivity index (χ1) is 17.3. The van der Waals surface area contributed by atoms with Gasteiger partial charge in [-0.25, -0.2) is 9.59 Å². The van der Waals surface area contributed by atoms with Crippen molar-refractivity contribution in [3.8, 4) is 0 Å². The standard InChI is InChI=1S/C25H34N4O7/c1-16(2)13-20(27-24(32)35-15-18-7-5-4-6-8-18)22(31)26-19(11-12-34-3)21(30)23-28-29(25(33)36-23)14-17-9-10-17/h4-8,16-17,19-20H,9-15H2,1-3H3,(H,26,31)(H,27,32)/t19-,20-/m0/s1. The van der Waals surface area contributed by atoms with Crippen LogP contribution in [0.3, 0.4) is 0 Å². The van der Waals surface area contributed by atoms with E-state index >= 15 is 0 Å². The fraction of sp³-hybridized carbons (Fsp3) is 0.560. The third kappa shape index (κ3) is 8.33. The average Bonchev–Trinajstić information content (AvgIpc) is 3.60. The molecule has 3 rings (SSSR count). The van der Waals surface area contributed by atoms with Gasteiger partial charge in [0.25, 0.3) is 5.89 Å². The number of aromatic nitrogens is 2. The number of rotatable bonds is 14. The molecule has 0 aliphatic heterocycles. The molecule has 11 nitrogen and oxygen atoms in total. The van der Waals surface area contributed by atoms with Crippen molar-refractivity contribution in [3.63, 3.8) is 0 Å². The van der Waals surface area contributed by atoms with E-state index in [4.69, 9.17) is 13.9 Å². The minimum absolute atomic E-state index is 0.0557. The maximum Gasteiger partial charge on any atom is 0.437 e. The Hall–Kier alpha value is -3.47. The molecule has 1 aliphatic rings. The Bertz CT molecular complexity index is 1080. The molecule has 1 fully saturated rings. The quantitative estimate of drug-likeness (QED) is 0.375. The van der Waals surface area contributed by atoms with Crippen molar-refractivity contribution in [2.45, 2.75) is 64.8 Å². The van der Waals surface area contributed by atoms with Crippen LogP contribution in [0.15, 0.2) is 39.5 Å². The van der Waals surface area contributed by atoms with Crippen LogP contribution in [0.4, 0.5) is 4.79 Å². The maximum absolute atomic E-state index is 13.1. The van der Waals surface area contributed by atoms with Crippen molar-refractivity contribution < 1.29 is 28.3 Å². The van der Waals surface area contributed by atoms with E-state index in [9.17, 15) is 19.2 Å². The summed E-state index contributed by atoms with van der Waals surface area (Å²) in [6.07, 6.45) is 1.72. The predicted octanol–water partition coefficient (Wildman–Crippen LogP) is 2.29. The van der Waals surface area contributed by atoms with Gasteiger partial charge in [0.1, 0.15) is 12.6 Å². The number of carbonyl (C=O) groups excluding carboxylic acids is 3. The first-order valence-corrected chi connectivity index (χ1v) is 12.2. The maximum atomic E-state index is 13.1. The molecule has 2 atom stereocenters. The fourth-order valence-electron chi connectivity index (χ4n) is 3.60. The van der Waals surface area contributed by atoms with E-state index in [1.54, 1.807) is 0 Å². The molecule has 36 heavy (non-hydrogen) atoms. The number of methoxy groups -OCH3 is 1. The van der Waals surface area contributed by atoms with Crippen LogP contribution in [0.2, 0.25) is 0 Å². The fourth-order valence-corrected chi connectivity index (χ4v) is 3.60. The summed E-state index contributed by atoms with van der Waals surface area (Å²) in [5.74, 6) is -1.83.